The molecule has 1 rings (SSSR count). The predicted octanol–water partition coefficient (Wildman–Crippen LogP) is 4.65. The van der Waals surface area contributed by atoms with E-state index in [1.807, 2.05) is 33.8 Å². The number of pyridine rings is 1. The monoisotopic (exact) mass is 371 g/mol. The number of aromatic amines is 1. The Morgan fingerprint density at radius 3 is 2.70 bits per heavy atom. The Morgan fingerprint density at radius 1 is 1.37 bits per heavy atom. The molecule has 0 spiro atoms. The van der Waals surface area contributed by atoms with Crippen LogP contribution in [0.15, 0.2) is 58.5 Å². The van der Waals surface area contributed by atoms with Crippen molar-refractivity contribution in [2.75, 3.05) is 7.11 Å². The number of aliphatic hydroxyl groups excluding tert-OH is 1. The second kappa shape index (κ2) is 11.4. The zero-order valence-electron chi connectivity index (χ0n) is 17.4. The second-order valence-electron chi connectivity index (χ2n) is 6.95. The third-order valence-electron chi connectivity index (χ3n) is 4.51. The smallest absolute Gasteiger partial charge is 0.194 e. The Morgan fingerprint density at radius 2 is 2.07 bits per heavy atom. The van der Waals surface area contributed by atoms with Gasteiger partial charge in [0.25, 0.3) is 0 Å². The summed E-state index contributed by atoms with van der Waals surface area (Å²) in [6.07, 6.45) is 13.1. The standard InChI is InChI=1S/C23H33NO3/c1-7-9-21(25)18(4)14-17(3)11-8-10-16(2)12-13-20-19(5)22(26)15-23(24-20)27-6/h7-9,11-12,14-15,18,21,25H,10,13H2,1-6H3,(H,24,26)/b9-7+,11-8+,16-12+,17-14+/t18-,21+/m1/s1. The predicted molar refractivity (Wildman–Crippen MR) is 113 cm³/mol. The minimum absolute atomic E-state index is 0.0125. The molecule has 0 saturated heterocycles. The molecule has 0 aliphatic heterocycles. The Balaban J connectivity index is 2.69. The molecular formula is C23H33NO3. The highest BCUT2D eigenvalue weighted by atomic mass is 16.5. The summed E-state index contributed by atoms with van der Waals surface area (Å²) in [5.41, 5.74) is 3.95. The maximum Gasteiger partial charge on any atom is 0.194 e. The fraction of sp³-hybridized carbons (Fsp3) is 0.435. The molecule has 0 fully saturated rings. The molecule has 2 atom stereocenters. The number of methoxy groups -OCH3 is 1. The number of hydrogen-bond acceptors (Lipinski definition) is 3. The van der Waals surface area contributed by atoms with Crippen molar-refractivity contribution in [1.29, 1.82) is 0 Å². The van der Waals surface area contributed by atoms with Crippen molar-refractivity contribution in [2.24, 2.45) is 5.92 Å². The van der Waals surface area contributed by atoms with Gasteiger partial charge in [0, 0.05) is 29.7 Å². The fourth-order valence-electron chi connectivity index (χ4n) is 2.70. The summed E-state index contributed by atoms with van der Waals surface area (Å²) in [4.78, 5) is 15.1. The minimum Gasteiger partial charge on any atom is -0.482 e. The summed E-state index contributed by atoms with van der Waals surface area (Å²) < 4.78 is 5.14. The number of ether oxygens (including phenoxy) is 1. The number of H-pyrrole nitrogens is 1. The molecule has 2 N–H and O–H groups in total. The molecule has 0 amide bonds. The van der Waals surface area contributed by atoms with Gasteiger partial charge >= 0.3 is 0 Å². The van der Waals surface area contributed by atoms with E-state index in [-0.39, 0.29) is 11.3 Å². The maximum atomic E-state index is 11.9. The number of nitrogens with one attached hydrogen (secondary N) is 1. The average molecular weight is 372 g/mol. The lowest BCUT2D eigenvalue weighted by molar-refractivity contribution is 0.185. The molecule has 4 nitrogen and oxygen atoms in total. The van der Waals surface area contributed by atoms with Crippen LogP contribution < -0.4 is 10.2 Å². The molecule has 0 unspecified atom stereocenters. The highest BCUT2D eigenvalue weighted by molar-refractivity contribution is 5.27. The molecule has 0 bridgehead atoms. The van der Waals surface area contributed by atoms with Crippen LogP contribution in [0.3, 0.4) is 0 Å². The van der Waals surface area contributed by atoms with Crippen LogP contribution in [0.5, 0.6) is 5.88 Å². The first kappa shape index (κ1) is 22.7. The van der Waals surface area contributed by atoms with Crippen LogP contribution in [-0.2, 0) is 6.42 Å². The third kappa shape index (κ3) is 7.83. The first-order valence-electron chi connectivity index (χ1n) is 9.36. The van der Waals surface area contributed by atoms with Gasteiger partial charge < -0.3 is 14.8 Å². The molecule has 0 aliphatic rings. The van der Waals surface area contributed by atoms with Gasteiger partial charge in [-0.25, -0.2) is 0 Å². The summed E-state index contributed by atoms with van der Waals surface area (Å²) >= 11 is 0. The lowest BCUT2D eigenvalue weighted by atomic mass is 10.0. The Kier molecular flexibility index (Phi) is 9.59. The molecular weight excluding hydrogens is 338 g/mol. The Bertz CT molecular complexity index is 781. The number of rotatable bonds is 9. The van der Waals surface area contributed by atoms with Crippen molar-refractivity contribution >= 4 is 0 Å². The maximum absolute atomic E-state index is 11.9. The minimum atomic E-state index is -0.451. The van der Waals surface area contributed by atoms with Gasteiger partial charge in [0.15, 0.2) is 11.3 Å². The van der Waals surface area contributed by atoms with Gasteiger partial charge in [-0.2, -0.15) is 0 Å². The number of aliphatic hydroxyl groups is 1. The zero-order chi connectivity index (χ0) is 20.4. The van der Waals surface area contributed by atoms with Crippen molar-refractivity contribution in [3.63, 3.8) is 0 Å². The lowest BCUT2D eigenvalue weighted by Gasteiger charge is -2.11. The highest BCUT2D eigenvalue weighted by Crippen LogP contribution is 2.13. The van der Waals surface area contributed by atoms with Crippen molar-refractivity contribution in [3.05, 3.63) is 75.1 Å². The van der Waals surface area contributed by atoms with E-state index < -0.39 is 6.10 Å². The lowest BCUT2D eigenvalue weighted by Crippen LogP contribution is -2.12. The largest absolute Gasteiger partial charge is 0.482 e. The molecule has 4 heteroatoms. The van der Waals surface area contributed by atoms with Crippen LogP contribution >= 0.6 is 0 Å². The van der Waals surface area contributed by atoms with Gasteiger partial charge in [-0.3, -0.25) is 4.79 Å². The summed E-state index contributed by atoms with van der Waals surface area (Å²) in [6, 6.07) is 1.47. The van der Waals surface area contributed by atoms with E-state index in [4.69, 9.17) is 4.74 Å². The molecule has 0 saturated carbocycles. The average Bonchev–Trinajstić information content (AvgIpc) is 2.62. The molecule has 0 aromatic carbocycles. The van der Waals surface area contributed by atoms with Crippen LogP contribution in [0.1, 0.15) is 45.4 Å². The molecule has 1 heterocycles. The first-order chi connectivity index (χ1) is 12.8. The van der Waals surface area contributed by atoms with E-state index in [0.717, 1.165) is 23.3 Å². The van der Waals surface area contributed by atoms with E-state index in [2.05, 4.69) is 36.2 Å². The summed E-state index contributed by atoms with van der Waals surface area (Å²) in [5, 5.41) is 9.94. The molecule has 0 aliphatic carbocycles. The second-order valence-corrected chi connectivity index (χ2v) is 6.95. The summed E-state index contributed by atoms with van der Waals surface area (Å²) in [7, 11) is 1.55. The van der Waals surface area contributed by atoms with Gasteiger partial charge in [-0.15, -0.1) is 0 Å². The Labute approximate surface area is 163 Å². The first-order valence-corrected chi connectivity index (χ1v) is 9.36. The van der Waals surface area contributed by atoms with Crippen molar-refractivity contribution < 1.29 is 9.84 Å². The van der Waals surface area contributed by atoms with Crippen molar-refractivity contribution in [1.82, 2.24) is 4.98 Å². The highest BCUT2D eigenvalue weighted by Gasteiger charge is 2.07. The molecule has 1 aromatic rings. The van der Waals surface area contributed by atoms with E-state index in [1.54, 1.807) is 13.2 Å². The normalized spacial score (nSPS) is 15.5. The summed E-state index contributed by atoms with van der Waals surface area (Å²) in [5.74, 6) is 0.567. The SMILES string of the molecule is C/C=C/[C@H](O)[C@H](C)/C=C(C)/C=C/C/C(C)=C/Cc1[nH]c(OC)cc(=O)c1C. The van der Waals surface area contributed by atoms with E-state index in [1.165, 1.54) is 11.6 Å². The van der Waals surface area contributed by atoms with E-state index >= 15 is 0 Å². The van der Waals surface area contributed by atoms with Crippen LogP contribution in [0.4, 0.5) is 0 Å². The molecule has 27 heavy (non-hydrogen) atoms. The number of allylic oxidation sites excluding steroid dienone is 6. The van der Waals surface area contributed by atoms with Gasteiger partial charge in [-0.05, 0) is 34.1 Å². The van der Waals surface area contributed by atoms with E-state index in [0.29, 0.717) is 12.3 Å². The summed E-state index contributed by atoms with van der Waals surface area (Å²) in [6.45, 7) is 9.86. The van der Waals surface area contributed by atoms with Crippen molar-refractivity contribution in [2.45, 2.75) is 53.6 Å². The topological polar surface area (TPSA) is 62.3 Å². The van der Waals surface area contributed by atoms with Crippen LogP contribution in [0.25, 0.3) is 0 Å². The number of aromatic nitrogens is 1. The van der Waals surface area contributed by atoms with Crippen LogP contribution in [-0.4, -0.2) is 23.3 Å². The quantitative estimate of drug-likeness (QED) is 0.491. The zero-order valence-corrected chi connectivity index (χ0v) is 17.4. The van der Waals surface area contributed by atoms with Gasteiger partial charge in [0.05, 0.1) is 13.2 Å². The molecule has 148 valence electrons. The molecule has 0 radical (unpaired) electrons. The molecule has 1 aromatic heterocycles. The fourth-order valence-corrected chi connectivity index (χ4v) is 2.70. The van der Waals surface area contributed by atoms with Gasteiger partial charge in [0.2, 0.25) is 0 Å². The number of hydrogen-bond donors (Lipinski definition) is 2. The Hall–Kier alpha value is -2.33. The van der Waals surface area contributed by atoms with Gasteiger partial charge in [0.1, 0.15) is 0 Å². The van der Waals surface area contributed by atoms with Crippen molar-refractivity contribution in [3.8, 4) is 5.88 Å². The van der Waals surface area contributed by atoms with Crippen LogP contribution in [0.2, 0.25) is 0 Å². The van der Waals surface area contributed by atoms with Gasteiger partial charge in [-0.1, -0.05) is 54.5 Å². The van der Waals surface area contributed by atoms with Crippen LogP contribution in [0, 0.1) is 12.8 Å². The third-order valence-corrected chi connectivity index (χ3v) is 4.51. The van der Waals surface area contributed by atoms with E-state index in [9.17, 15) is 9.90 Å².